The van der Waals surface area contributed by atoms with Crippen LogP contribution in [0.3, 0.4) is 0 Å². The summed E-state index contributed by atoms with van der Waals surface area (Å²) in [5.74, 6) is 0. The lowest BCUT2D eigenvalue weighted by Crippen LogP contribution is -2.65. The molecular weight excluding hydrogens is 212 g/mol. The topological polar surface area (TPSA) is 15.7 Å². The highest BCUT2D eigenvalue weighted by molar-refractivity contribution is 4.95. The zero-order valence-electron chi connectivity index (χ0n) is 12.5. The van der Waals surface area contributed by atoms with E-state index in [1.54, 1.807) is 0 Å². The van der Waals surface area contributed by atoms with Gasteiger partial charge < -0.3 is 4.74 Å². The van der Waals surface area contributed by atoms with Crippen molar-refractivity contribution < 1.29 is 4.74 Å². The Bertz CT molecular complexity index is 223. The first-order valence-corrected chi connectivity index (χ1v) is 7.00. The van der Waals surface area contributed by atoms with Crippen LogP contribution in [0.25, 0.3) is 0 Å². The van der Waals surface area contributed by atoms with E-state index in [1.165, 1.54) is 26.2 Å². The maximum absolute atomic E-state index is 5.33. The largest absolute Gasteiger partial charge is 0.377 e. The van der Waals surface area contributed by atoms with Crippen molar-refractivity contribution in [2.24, 2.45) is 0 Å². The Morgan fingerprint density at radius 1 is 0.941 bits per heavy atom. The molecule has 0 atom stereocenters. The van der Waals surface area contributed by atoms with Crippen LogP contribution in [0.4, 0.5) is 0 Å². The van der Waals surface area contributed by atoms with Gasteiger partial charge in [0.15, 0.2) is 0 Å². The van der Waals surface area contributed by atoms with Gasteiger partial charge in [0.2, 0.25) is 0 Å². The molecule has 0 unspecified atom stereocenters. The van der Waals surface area contributed by atoms with Gasteiger partial charge in [0.25, 0.3) is 0 Å². The van der Waals surface area contributed by atoms with Crippen molar-refractivity contribution in [3.05, 3.63) is 0 Å². The van der Waals surface area contributed by atoms with Crippen LogP contribution in [0, 0.1) is 0 Å². The minimum Gasteiger partial charge on any atom is -0.377 e. The van der Waals surface area contributed by atoms with Crippen LogP contribution in [-0.2, 0) is 4.74 Å². The molecule has 3 heteroatoms. The van der Waals surface area contributed by atoms with Gasteiger partial charge in [0, 0.05) is 31.7 Å². The van der Waals surface area contributed by atoms with E-state index in [0.29, 0.717) is 11.1 Å². The SMILES string of the molecule is CC.CC(C)(C)N1CCN(C2(C)COC2)CC1. The van der Waals surface area contributed by atoms with Crippen LogP contribution in [0.1, 0.15) is 41.5 Å². The number of ether oxygens (including phenoxy) is 1. The lowest BCUT2D eigenvalue weighted by Gasteiger charge is -2.52. The van der Waals surface area contributed by atoms with Gasteiger partial charge >= 0.3 is 0 Å². The van der Waals surface area contributed by atoms with Gasteiger partial charge in [-0.3, -0.25) is 9.80 Å². The van der Waals surface area contributed by atoms with Gasteiger partial charge in [0.05, 0.1) is 18.8 Å². The van der Waals surface area contributed by atoms with E-state index in [9.17, 15) is 0 Å². The summed E-state index contributed by atoms with van der Waals surface area (Å²) in [5, 5.41) is 0. The Labute approximate surface area is 107 Å². The van der Waals surface area contributed by atoms with Gasteiger partial charge in [-0.15, -0.1) is 0 Å². The van der Waals surface area contributed by atoms with Gasteiger partial charge in [0.1, 0.15) is 0 Å². The van der Waals surface area contributed by atoms with Gasteiger partial charge in [-0.1, -0.05) is 13.8 Å². The summed E-state index contributed by atoms with van der Waals surface area (Å²) < 4.78 is 5.33. The first kappa shape index (κ1) is 14.9. The average molecular weight is 242 g/mol. The molecule has 2 aliphatic heterocycles. The molecule has 0 spiro atoms. The van der Waals surface area contributed by atoms with Crippen LogP contribution < -0.4 is 0 Å². The van der Waals surface area contributed by atoms with Crippen molar-refractivity contribution in [3.63, 3.8) is 0 Å². The molecule has 2 saturated heterocycles. The lowest BCUT2D eigenvalue weighted by atomic mass is 9.96. The van der Waals surface area contributed by atoms with Crippen molar-refractivity contribution in [2.75, 3.05) is 39.4 Å². The molecule has 17 heavy (non-hydrogen) atoms. The highest BCUT2D eigenvalue weighted by Crippen LogP contribution is 2.27. The third kappa shape index (κ3) is 3.43. The first-order valence-electron chi connectivity index (χ1n) is 7.00. The van der Waals surface area contributed by atoms with Gasteiger partial charge in [-0.05, 0) is 27.7 Å². The fourth-order valence-corrected chi connectivity index (χ4v) is 2.50. The summed E-state index contributed by atoms with van der Waals surface area (Å²) in [6, 6.07) is 0. The molecule has 0 aliphatic carbocycles. The summed E-state index contributed by atoms with van der Waals surface area (Å²) in [7, 11) is 0. The first-order chi connectivity index (χ1) is 7.92. The zero-order chi connectivity index (χ0) is 13.1. The molecule has 0 saturated carbocycles. The average Bonchev–Trinajstić information content (AvgIpc) is 2.28. The highest BCUT2D eigenvalue weighted by Gasteiger charge is 2.41. The molecule has 2 aliphatic rings. The monoisotopic (exact) mass is 242 g/mol. The van der Waals surface area contributed by atoms with Crippen LogP contribution in [-0.4, -0.2) is 60.3 Å². The molecule has 0 amide bonds. The fraction of sp³-hybridized carbons (Fsp3) is 1.00. The molecule has 0 aromatic carbocycles. The number of piperazine rings is 1. The maximum Gasteiger partial charge on any atom is 0.0671 e. The van der Waals surface area contributed by atoms with E-state index in [4.69, 9.17) is 4.74 Å². The molecule has 2 heterocycles. The van der Waals surface area contributed by atoms with Crippen LogP contribution in [0.15, 0.2) is 0 Å². The number of nitrogens with zero attached hydrogens (tertiary/aromatic N) is 2. The third-order valence-electron chi connectivity index (χ3n) is 3.82. The van der Waals surface area contributed by atoms with Crippen molar-refractivity contribution in [3.8, 4) is 0 Å². The molecular formula is C14H30N2O. The van der Waals surface area contributed by atoms with Crippen LogP contribution in [0.5, 0.6) is 0 Å². The predicted octanol–water partition coefficient (Wildman–Crippen LogP) is 2.22. The van der Waals surface area contributed by atoms with Gasteiger partial charge in [-0.25, -0.2) is 0 Å². The Morgan fingerprint density at radius 2 is 1.41 bits per heavy atom. The maximum atomic E-state index is 5.33. The van der Waals surface area contributed by atoms with E-state index in [-0.39, 0.29) is 0 Å². The minimum atomic E-state index is 0.323. The number of rotatable bonds is 1. The highest BCUT2D eigenvalue weighted by atomic mass is 16.5. The smallest absolute Gasteiger partial charge is 0.0671 e. The Kier molecular flexibility index (Phi) is 4.99. The molecule has 0 aromatic heterocycles. The summed E-state index contributed by atoms with van der Waals surface area (Å²) in [6.45, 7) is 19.8. The normalized spacial score (nSPS) is 25.8. The Hall–Kier alpha value is -0.120. The Morgan fingerprint density at radius 3 is 1.71 bits per heavy atom. The molecule has 102 valence electrons. The quantitative estimate of drug-likeness (QED) is 0.701. The van der Waals surface area contributed by atoms with Crippen LogP contribution >= 0.6 is 0 Å². The van der Waals surface area contributed by atoms with Crippen molar-refractivity contribution in [2.45, 2.75) is 52.6 Å². The fourth-order valence-electron chi connectivity index (χ4n) is 2.50. The summed E-state index contributed by atoms with van der Waals surface area (Å²) in [5.41, 5.74) is 0.660. The second-order valence-electron chi connectivity index (χ2n) is 6.13. The predicted molar refractivity (Wildman–Crippen MR) is 73.5 cm³/mol. The molecule has 2 fully saturated rings. The molecule has 0 N–H and O–H groups in total. The van der Waals surface area contributed by atoms with Crippen molar-refractivity contribution in [1.82, 2.24) is 9.80 Å². The van der Waals surface area contributed by atoms with E-state index in [0.717, 1.165) is 13.2 Å². The lowest BCUT2D eigenvalue weighted by molar-refractivity contribution is -0.143. The summed E-state index contributed by atoms with van der Waals surface area (Å²) in [6.07, 6.45) is 0. The standard InChI is InChI=1S/C12H24N2O.C2H6/c1-11(2,3)13-5-7-14(8-6-13)12(4)9-15-10-12;1-2/h5-10H2,1-4H3;1-2H3. The van der Waals surface area contributed by atoms with Crippen molar-refractivity contribution in [1.29, 1.82) is 0 Å². The Balaban J connectivity index is 0.000000686. The molecule has 2 rings (SSSR count). The second-order valence-corrected chi connectivity index (χ2v) is 6.13. The van der Waals surface area contributed by atoms with E-state index < -0.39 is 0 Å². The van der Waals surface area contributed by atoms with E-state index in [1.807, 2.05) is 13.8 Å². The van der Waals surface area contributed by atoms with Crippen LogP contribution in [0.2, 0.25) is 0 Å². The molecule has 3 nitrogen and oxygen atoms in total. The molecule has 0 aromatic rings. The molecule has 0 bridgehead atoms. The van der Waals surface area contributed by atoms with E-state index >= 15 is 0 Å². The molecule has 0 radical (unpaired) electrons. The third-order valence-corrected chi connectivity index (χ3v) is 3.82. The van der Waals surface area contributed by atoms with Crippen molar-refractivity contribution >= 4 is 0 Å². The number of hydrogen-bond acceptors (Lipinski definition) is 3. The second kappa shape index (κ2) is 5.68. The minimum absolute atomic E-state index is 0.323. The van der Waals surface area contributed by atoms with E-state index in [2.05, 4.69) is 37.5 Å². The number of hydrogen-bond donors (Lipinski definition) is 0. The zero-order valence-corrected chi connectivity index (χ0v) is 12.5. The summed E-state index contributed by atoms with van der Waals surface area (Å²) >= 11 is 0. The van der Waals surface area contributed by atoms with Gasteiger partial charge in [-0.2, -0.15) is 0 Å². The summed E-state index contributed by atoms with van der Waals surface area (Å²) in [4.78, 5) is 5.17.